The Morgan fingerprint density at radius 1 is 1.39 bits per heavy atom. The summed E-state index contributed by atoms with van der Waals surface area (Å²) in [6.07, 6.45) is 2.23. The fourth-order valence-electron chi connectivity index (χ4n) is 2.75. The third-order valence-electron chi connectivity index (χ3n) is 4.17. The van der Waals surface area contributed by atoms with Crippen molar-refractivity contribution in [2.24, 2.45) is 0 Å². The van der Waals surface area contributed by atoms with Gasteiger partial charge in [0.1, 0.15) is 0 Å². The number of hydrogen-bond donors (Lipinski definition) is 3. The molecule has 0 radical (unpaired) electrons. The van der Waals surface area contributed by atoms with Gasteiger partial charge in [-0.05, 0) is 45.0 Å². The highest BCUT2D eigenvalue weighted by Crippen LogP contribution is 2.15. The van der Waals surface area contributed by atoms with E-state index >= 15 is 0 Å². The molecule has 1 amide bonds. The maximum Gasteiger partial charge on any atom is 0.269 e. The zero-order chi connectivity index (χ0) is 16.8. The third-order valence-corrected chi connectivity index (χ3v) is 4.17. The van der Waals surface area contributed by atoms with E-state index in [-0.39, 0.29) is 11.7 Å². The van der Waals surface area contributed by atoms with Gasteiger partial charge in [-0.3, -0.25) is 20.1 Å². The summed E-state index contributed by atoms with van der Waals surface area (Å²) in [5, 5.41) is 22.9. The third kappa shape index (κ3) is 4.98. The molecule has 1 atom stereocenters. The number of nitro groups is 1. The van der Waals surface area contributed by atoms with Crippen LogP contribution in [-0.4, -0.2) is 53.2 Å². The van der Waals surface area contributed by atoms with Crippen molar-refractivity contribution in [1.29, 1.82) is 0 Å². The molecule has 0 bridgehead atoms. The summed E-state index contributed by atoms with van der Waals surface area (Å²) in [5.41, 5.74) is 2.50. The van der Waals surface area contributed by atoms with Gasteiger partial charge in [0.05, 0.1) is 11.0 Å². The molecule has 0 saturated carbocycles. The number of benzene rings is 1. The van der Waals surface area contributed by atoms with Crippen LogP contribution in [0.5, 0.6) is 0 Å². The molecule has 0 spiro atoms. The van der Waals surface area contributed by atoms with Gasteiger partial charge in [-0.25, -0.2) is 5.48 Å². The molecule has 1 fully saturated rings. The van der Waals surface area contributed by atoms with Gasteiger partial charge in [-0.2, -0.15) is 0 Å². The number of nitro benzene ring substituents is 1. The van der Waals surface area contributed by atoms with Crippen LogP contribution in [0, 0.1) is 10.1 Å². The van der Waals surface area contributed by atoms with Crippen LogP contribution in [0.1, 0.15) is 18.4 Å². The lowest BCUT2D eigenvalue weighted by Gasteiger charge is -2.32. The monoisotopic (exact) mass is 322 g/mol. The number of amides is 1. The molecule has 126 valence electrons. The van der Waals surface area contributed by atoms with E-state index in [2.05, 4.69) is 17.3 Å². The molecular weight excluding hydrogens is 300 g/mol. The molecule has 1 heterocycles. The van der Waals surface area contributed by atoms with E-state index in [1.54, 1.807) is 17.6 Å². The van der Waals surface area contributed by atoms with Crippen LogP contribution in [0.3, 0.4) is 0 Å². The molecule has 1 aliphatic rings. The van der Waals surface area contributed by atoms with Crippen molar-refractivity contribution in [3.63, 3.8) is 0 Å². The zero-order valence-electron chi connectivity index (χ0n) is 13.1. The number of carbonyl (C=O) groups excluding carboxylic acids is 1. The Labute approximate surface area is 134 Å². The van der Waals surface area contributed by atoms with Gasteiger partial charge in [0.15, 0.2) is 0 Å². The molecule has 1 aromatic carbocycles. The largest absolute Gasteiger partial charge is 0.306 e. The number of nitrogens with one attached hydrogen (secondary N) is 2. The van der Waals surface area contributed by atoms with Crippen molar-refractivity contribution in [1.82, 2.24) is 15.7 Å². The van der Waals surface area contributed by atoms with E-state index in [1.165, 1.54) is 12.1 Å². The predicted octanol–water partition coefficient (Wildman–Crippen LogP) is 0.695. The Morgan fingerprint density at radius 2 is 2.00 bits per heavy atom. The summed E-state index contributed by atoms with van der Waals surface area (Å²) >= 11 is 0. The average molecular weight is 322 g/mol. The lowest BCUT2D eigenvalue weighted by molar-refractivity contribution is -0.384. The Balaban J connectivity index is 2.00. The Bertz CT molecular complexity index is 541. The van der Waals surface area contributed by atoms with Crippen LogP contribution in [0.15, 0.2) is 24.3 Å². The second kappa shape index (κ2) is 8.00. The lowest BCUT2D eigenvalue weighted by atomic mass is 10.0. The molecular formula is C15H22N4O4. The maximum atomic E-state index is 11.9. The first-order valence-corrected chi connectivity index (χ1v) is 7.61. The molecule has 1 saturated heterocycles. The number of likely N-dealkylation sites (tertiary alicyclic amines) is 1. The quantitative estimate of drug-likeness (QED) is 0.404. The van der Waals surface area contributed by atoms with Gasteiger partial charge in [-0.1, -0.05) is 12.1 Å². The van der Waals surface area contributed by atoms with Crippen LogP contribution in [0.25, 0.3) is 0 Å². The van der Waals surface area contributed by atoms with Gasteiger partial charge in [0.25, 0.3) is 11.6 Å². The summed E-state index contributed by atoms with van der Waals surface area (Å²) in [4.78, 5) is 24.3. The highest BCUT2D eigenvalue weighted by Gasteiger charge is 2.24. The maximum absolute atomic E-state index is 11.9. The van der Waals surface area contributed by atoms with E-state index in [0.717, 1.165) is 31.5 Å². The van der Waals surface area contributed by atoms with Crippen LogP contribution in [0.2, 0.25) is 0 Å². The zero-order valence-corrected chi connectivity index (χ0v) is 13.1. The van der Waals surface area contributed by atoms with E-state index in [1.807, 2.05) is 0 Å². The minimum absolute atomic E-state index is 0.0141. The number of piperidine rings is 1. The number of hydrogen-bond acceptors (Lipinski definition) is 6. The van der Waals surface area contributed by atoms with Crippen molar-refractivity contribution in [2.75, 3.05) is 20.1 Å². The fraction of sp³-hybridized carbons (Fsp3) is 0.533. The summed E-state index contributed by atoms with van der Waals surface area (Å²) in [6.45, 7) is 1.92. The summed E-state index contributed by atoms with van der Waals surface area (Å²) in [7, 11) is 2.06. The summed E-state index contributed by atoms with van der Waals surface area (Å²) in [5.74, 6) is -0.498. The first-order chi connectivity index (χ1) is 11.0. The molecule has 23 heavy (non-hydrogen) atoms. The van der Waals surface area contributed by atoms with Crippen LogP contribution < -0.4 is 10.8 Å². The lowest BCUT2D eigenvalue weighted by Crippen LogP contribution is -2.51. The van der Waals surface area contributed by atoms with Gasteiger partial charge in [0.2, 0.25) is 0 Å². The smallest absolute Gasteiger partial charge is 0.269 e. The molecule has 1 aliphatic heterocycles. The van der Waals surface area contributed by atoms with Crippen LogP contribution in [-0.2, 0) is 11.2 Å². The first-order valence-electron chi connectivity index (χ1n) is 7.61. The average Bonchev–Trinajstić information content (AvgIpc) is 2.56. The number of hydroxylamine groups is 1. The van der Waals surface area contributed by atoms with Gasteiger partial charge in [-0.15, -0.1) is 0 Å². The molecule has 0 aromatic heterocycles. The SMILES string of the molecule is CN1CCC(NC(Cc2ccc([N+](=O)[O-])cc2)C(=O)NO)CC1. The molecule has 1 unspecified atom stereocenters. The summed E-state index contributed by atoms with van der Waals surface area (Å²) < 4.78 is 0. The second-order valence-electron chi connectivity index (χ2n) is 5.90. The van der Waals surface area contributed by atoms with E-state index in [0.29, 0.717) is 6.42 Å². The number of non-ortho nitro benzene ring substituents is 1. The van der Waals surface area contributed by atoms with Gasteiger partial charge >= 0.3 is 0 Å². The summed E-state index contributed by atoms with van der Waals surface area (Å²) in [6, 6.07) is 5.73. The van der Waals surface area contributed by atoms with Gasteiger partial charge < -0.3 is 10.2 Å². The van der Waals surface area contributed by atoms with E-state index in [9.17, 15) is 14.9 Å². The topological polar surface area (TPSA) is 108 Å². The number of rotatable bonds is 6. The van der Waals surface area contributed by atoms with Crippen molar-refractivity contribution in [3.8, 4) is 0 Å². The van der Waals surface area contributed by atoms with Crippen molar-refractivity contribution >= 4 is 11.6 Å². The Hall–Kier alpha value is -2.03. The van der Waals surface area contributed by atoms with E-state index < -0.39 is 16.9 Å². The highest BCUT2D eigenvalue weighted by atomic mass is 16.6. The fourth-order valence-corrected chi connectivity index (χ4v) is 2.75. The second-order valence-corrected chi connectivity index (χ2v) is 5.90. The van der Waals surface area contributed by atoms with Crippen LogP contribution in [0.4, 0.5) is 5.69 Å². The normalized spacial score (nSPS) is 17.7. The predicted molar refractivity (Wildman–Crippen MR) is 84.2 cm³/mol. The minimum Gasteiger partial charge on any atom is -0.306 e. The molecule has 2 rings (SSSR count). The number of nitrogens with zero attached hydrogens (tertiary/aromatic N) is 2. The van der Waals surface area contributed by atoms with Crippen LogP contribution >= 0.6 is 0 Å². The standard InChI is InChI=1S/C15H22N4O4/c1-18-8-6-12(7-9-18)16-14(15(20)17-21)10-11-2-4-13(5-3-11)19(22)23/h2-5,12,14,16,21H,6-10H2,1H3,(H,17,20). The molecule has 8 nitrogen and oxygen atoms in total. The Morgan fingerprint density at radius 3 is 2.52 bits per heavy atom. The van der Waals surface area contributed by atoms with Crippen molar-refractivity contribution in [3.05, 3.63) is 39.9 Å². The van der Waals surface area contributed by atoms with Crippen molar-refractivity contribution in [2.45, 2.75) is 31.3 Å². The van der Waals surface area contributed by atoms with Gasteiger partial charge in [0, 0.05) is 18.2 Å². The molecule has 0 aliphatic carbocycles. The highest BCUT2D eigenvalue weighted by molar-refractivity contribution is 5.81. The molecule has 3 N–H and O–H groups in total. The molecule has 1 aromatic rings. The Kier molecular flexibility index (Phi) is 6.03. The van der Waals surface area contributed by atoms with E-state index in [4.69, 9.17) is 5.21 Å². The van der Waals surface area contributed by atoms with Crippen molar-refractivity contribution < 1.29 is 14.9 Å². The first kappa shape index (κ1) is 17.3. The minimum atomic E-state index is -0.574. The molecule has 8 heteroatoms. The number of carbonyl (C=O) groups is 1.